The van der Waals surface area contributed by atoms with E-state index in [0.717, 1.165) is 11.8 Å². The molecule has 2 heteroatoms. The summed E-state index contributed by atoms with van der Waals surface area (Å²) in [7, 11) is 2.29. The fourth-order valence-electron chi connectivity index (χ4n) is 2.41. The van der Waals surface area contributed by atoms with Gasteiger partial charge in [-0.3, -0.25) is 0 Å². The first-order chi connectivity index (χ1) is 8.18. The van der Waals surface area contributed by atoms with Crippen molar-refractivity contribution < 1.29 is 0 Å². The van der Waals surface area contributed by atoms with E-state index in [9.17, 15) is 0 Å². The summed E-state index contributed by atoms with van der Waals surface area (Å²) in [6, 6.07) is 0. The third-order valence-electron chi connectivity index (χ3n) is 3.74. The molecule has 0 saturated heterocycles. The highest BCUT2D eigenvalue weighted by molar-refractivity contribution is 4.72. The van der Waals surface area contributed by atoms with E-state index in [1.54, 1.807) is 0 Å². The third kappa shape index (κ3) is 7.77. The van der Waals surface area contributed by atoms with E-state index < -0.39 is 0 Å². The van der Waals surface area contributed by atoms with Gasteiger partial charge in [0.2, 0.25) is 0 Å². The largest absolute Gasteiger partial charge is 0.316 e. The highest BCUT2D eigenvalue weighted by Gasteiger charge is 2.18. The molecule has 0 aromatic heterocycles. The van der Waals surface area contributed by atoms with Gasteiger partial charge in [-0.05, 0) is 64.2 Å². The summed E-state index contributed by atoms with van der Waals surface area (Å²) in [6.07, 6.45) is 8.50. The molecule has 0 aliphatic heterocycles. The first-order valence-electron chi connectivity index (χ1n) is 7.57. The highest BCUT2D eigenvalue weighted by Crippen LogP contribution is 2.26. The lowest BCUT2D eigenvalue weighted by Crippen LogP contribution is -2.30. The summed E-state index contributed by atoms with van der Waals surface area (Å²) >= 11 is 0. The number of nitrogens with zero attached hydrogens (tertiary/aromatic N) is 1. The molecule has 1 N–H and O–H groups in total. The standard InChI is InChI=1S/C15H32N2/c1-14(2)12-16-10-5-4-6-11-17(3)13-15-8-7-9-15/h14-16H,4-13H2,1-3H3. The predicted octanol–water partition coefficient (Wildman–Crippen LogP) is 3.13. The van der Waals surface area contributed by atoms with Gasteiger partial charge < -0.3 is 10.2 Å². The van der Waals surface area contributed by atoms with Gasteiger partial charge in [-0.15, -0.1) is 0 Å². The fraction of sp³-hybridized carbons (Fsp3) is 1.00. The molecule has 17 heavy (non-hydrogen) atoms. The van der Waals surface area contributed by atoms with Crippen LogP contribution in [0.4, 0.5) is 0 Å². The summed E-state index contributed by atoms with van der Waals surface area (Å²) in [5, 5.41) is 3.51. The van der Waals surface area contributed by atoms with Crippen molar-refractivity contribution in [2.75, 3.05) is 33.2 Å². The Hall–Kier alpha value is -0.0800. The smallest absolute Gasteiger partial charge is 0.000661 e. The van der Waals surface area contributed by atoms with E-state index in [-0.39, 0.29) is 0 Å². The monoisotopic (exact) mass is 240 g/mol. The molecule has 1 saturated carbocycles. The molecule has 0 spiro atoms. The molecule has 2 nitrogen and oxygen atoms in total. The quantitative estimate of drug-likeness (QED) is 0.590. The van der Waals surface area contributed by atoms with Gasteiger partial charge in [0.15, 0.2) is 0 Å². The first kappa shape index (κ1) is 15.0. The lowest BCUT2D eigenvalue weighted by Gasteiger charge is -2.30. The van der Waals surface area contributed by atoms with Gasteiger partial charge >= 0.3 is 0 Å². The van der Waals surface area contributed by atoms with Crippen molar-refractivity contribution in [1.82, 2.24) is 10.2 Å². The molecule has 0 heterocycles. The zero-order valence-electron chi connectivity index (χ0n) is 12.2. The van der Waals surface area contributed by atoms with Crippen molar-refractivity contribution in [3.05, 3.63) is 0 Å². The minimum absolute atomic E-state index is 0.781. The average molecular weight is 240 g/mol. The summed E-state index contributed by atoms with van der Waals surface area (Å²) < 4.78 is 0. The van der Waals surface area contributed by atoms with Gasteiger partial charge in [0.1, 0.15) is 0 Å². The van der Waals surface area contributed by atoms with Crippen LogP contribution >= 0.6 is 0 Å². The second-order valence-corrected chi connectivity index (χ2v) is 6.22. The van der Waals surface area contributed by atoms with Crippen LogP contribution in [0.2, 0.25) is 0 Å². The van der Waals surface area contributed by atoms with Crippen molar-refractivity contribution >= 4 is 0 Å². The molecule has 1 aliphatic rings. The van der Waals surface area contributed by atoms with Crippen molar-refractivity contribution in [3.8, 4) is 0 Å². The van der Waals surface area contributed by atoms with Crippen LogP contribution in [0.1, 0.15) is 52.4 Å². The van der Waals surface area contributed by atoms with Crippen LogP contribution < -0.4 is 5.32 Å². The van der Waals surface area contributed by atoms with Gasteiger partial charge in [0.25, 0.3) is 0 Å². The zero-order chi connectivity index (χ0) is 12.5. The Bertz CT molecular complexity index is 176. The molecule has 1 aliphatic carbocycles. The lowest BCUT2D eigenvalue weighted by atomic mass is 9.85. The Kier molecular flexibility index (Phi) is 7.87. The lowest BCUT2D eigenvalue weighted by molar-refractivity contribution is 0.203. The Morgan fingerprint density at radius 3 is 2.53 bits per heavy atom. The van der Waals surface area contributed by atoms with Crippen molar-refractivity contribution in [3.63, 3.8) is 0 Å². The highest BCUT2D eigenvalue weighted by atomic mass is 15.1. The van der Waals surface area contributed by atoms with Gasteiger partial charge in [-0.1, -0.05) is 26.7 Å². The minimum Gasteiger partial charge on any atom is -0.316 e. The van der Waals surface area contributed by atoms with Gasteiger partial charge in [0, 0.05) is 6.54 Å². The second kappa shape index (κ2) is 8.93. The number of unbranched alkanes of at least 4 members (excludes halogenated alkanes) is 2. The van der Waals surface area contributed by atoms with Gasteiger partial charge in [0.05, 0.1) is 0 Å². The van der Waals surface area contributed by atoms with E-state index in [0.29, 0.717) is 0 Å². The van der Waals surface area contributed by atoms with Crippen LogP contribution in [0.15, 0.2) is 0 Å². The molecular formula is C15H32N2. The van der Waals surface area contributed by atoms with Crippen LogP contribution in [0.5, 0.6) is 0 Å². The molecule has 0 amide bonds. The molecule has 0 unspecified atom stereocenters. The van der Waals surface area contributed by atoms with Crippen LogP contribution in [0.25, 0.3) is 0 Å². The van der Waals surface area contributed by atoms with Crippen molar-refractivity contribution in [2.45, 2.75) is 52.4 Å². The van der Waals surface area contributed by atoms with E-state index in [4.69, 9.17) is 0 Å². The molecule has 0 aromatic rings. The summed E-state index contributed by atoms with van der Waals surface area (Å²) in [4.78, 5) is 2.53. The van der Waals surface area contributed by atoms with E-state index in [2.05, 4.69) is 31.1 Å². The maximum atomic E-state index is 3.51. The van der Waals surface area contributed by atoms with Crippen LogP contribution in [-0.2, 0) is 0 Å². The zero-order valence-corrected chi connectivity index (χ0v) is 12.2. The summed E-state index contributed by atoms with van der Waals surface area (Å²) in [6.45, 7) is 9.53. The van der Waals surface area contributed by atoms with Crippen LogP contribution in [-0.4, -0.2) is 38.1 Å². The first-order valence-corrected chi connectivity index (χ1v) is 7.57. The number of hydrogen-bond acceptors (Lipinski definition) is 2. The van der Waals surface area contributed by atoms with Crippen LogP contribution in [0, 0.1) is 11.8 Å². The van der Waals surface area contributed by atoms with E-state index in [1.807, 2.05) is 0 Å². The second-order valence-electron chi connectivity index (χ2n) is 6.22. The number of nitrogens with one attached hydrogen (secondary N) is 1. The topological polar surface area (TPSA) is 15.3 Å². The molecule has 102 valence electrons. The molecule has 0 aromatic carbocycles. The van der Waals surface area contributed by atoms with Crippen LogP contribution in [0.3, 0.4) is 0 Å². The number of rotatable bonds is 10. The maximum absolute atomic E-state index is 3.51. The molecule has 1 fully saturated rings. The third-order valence-corrected chi connectivity index (χ3v) is 3.74. The predicted molar refractivity (Wildman–Crippen MR) is 76.4 cm³/mol. The Morgan fingerprint density at radius 1 is 1.18 bits per heavy atom. The minimum atomic E-state index is 0.781. The number of hydrogen-bond donors (Lipinski definition) is 1. The Balaban J connectivity index is 1.79. The Morgan fingerprint density at radius 2 is 1.94 bits per heavy atom. The molecule has 0 radical (unpaired) electrons. The summed E-state index contributed by atoms with van der Waals surface area (Å²) in [5.74, 6) is 1.80. The van der Waals surface area contributed by atoms with E-state index >= 15 is 0 Å². The average Bonchev–Trinajstić information content (AvgIpc) is 2.22. The van der Waals surface area contributed by atoms with Gasteiger partial charge in [-0.25, -0.2) is 0 Å². The normalized spacial score (nSPS) is 16.8. The SMILES string of the molecule is CC(C)CNCCCCCN(C)CC1CCC1. The molecule has 0 atom stereocenters. The molecule has 0 bridgehead atoms. The fourth-order valence-corrected chi connectivity index (χ4v) is 2.41. The van der Waals surface area contributed by atoms with Crippen molar-refractivity contribution in [2.24, 2.45) is 11.8 Å². The molecule has 1 rings (SSSR count). The van der Waals surface area contributed by atoms with Crippen molar-refractivity contribution in [1.29, 1.82) is 0 Å². The Labute approximate surface area is 108 Å². The molecular weight excluding hydrogens is 208 g/mol. The van der Waals surface area contributed by atoms with Gasteiger partial charge in [-0.2, -0.15) is 0 Å². The summed E-state index contributed by atoms with van der Waals surface area (Å²) in [5.41, 5.74) is 0. The van der Waals surface area contributed by atoms with E-state index in [1.165, 1.54) is 64.7 Å². The maximum Gasteiger partial charge on any atom is 0.000661 e.